The number of hydrogen-bond acceptors (Lipinski definition) is 4. The Morgan fingerprint density at radius 1 is 1.67 bits per heavy atom. The molecule has 1 aromatic rings. The molecule has 2 atom stereocenters. The maximum Gasteiger partial charge on any atom is 0.0822 e. The molecule has 102 valence electrons. The molecular formula is C13H23N3OS. The van der Waals surface area contributed by atoms with Crippen molar-refractivity contribution < 1.29 is 4.74 Å². The topological polar surface area (TPSA) is 39.1 Å². The second kappa shape index (κ2) is 6.59. The zero-order valence-electron chi connectivity index (χ0n) is 11.5. The van der Waals surface area contributed by atoms with Gasteiger partial charge < -0.3 is 10.1 Å². The van der Waals surface area contributed by atoms with Crippen LogP contribution in [0.1, 0.15) is 18.3 Å². The van der Waals surface area contributed by atoms with Gasteiger partial charge in [-0.1, -0.05) is 6.92 Å². The lowest BCUT2D eigenvalue weighted by atomic mass is 10.1. The molecule has 2 rings (SSSR count). The fourth-order valence-electron chi connectivity index (χ4n) is 2.42. The highest BCUT2D eigenvalue weighted by atomic mass is 32.2. The predicted molar refractivity (Wildman–Crippen MR) is 76.2 cm³/mol. The molecule has 0 spiro atoms. The van der Waals surface area contributed by atoms with Gasteiger partial charge in [-0.3, -0.25) is 4.68 Å². The molecule has 0 saturated carbocycles. The molecule has 18 heavy (non-hydrogen) atoms. The van der Waals surface area contributed by atoms with E-state index < -0.39 is 0 Å². The van der Waals surface area contributed by atoms with E-state index in [0.29, 0.717) is 12.1 Å². The number of nitrogens with zero attached hydrogens (tertiary/aromatic N) is 2. The largest absolute Gasteiger partial charge is 0.375 e. The molecular weight excluding hydrogens is 246 g/mol. The van der Waals surface area contributed by atoms with E-state index in [1.54, 1.807) is 0 Å². The third-order valence-electron chi connectivity index (χ3n) is 3.28. The molecule has 1 aromatic heterocycles. The van der Waals surface area contributed by atoms with Crippen LogP contribution in [0.15, 0.2) is 6.07 Å². The van der Waals surface area contributed by atoms with Crippen molar-refractivity contribution in [1.82, 2.24) is 15.1 Å². The molecule has 0 bridgehead atoms. The SMILES string of the molecule is CCNC(Cc1cc(C)nn1C)C1CSCCO1. The number of hydrogen-bond donors (Lipinski definition) is 1. The van der Waals surface area contributed by atoms with Crippen molar-refractivity contribution in [1.29, 1.82) is 0 Å². The number of rotatable bonds is 5. The van der Waals surface area contributed by atoms with Crippen LogP contribution in [0.4, 0.5) is 0 Å². The standard InChI is InChI=1S/C13H23N3OS/c1-4-14-12(13-9-18-6-5-17-13)8-11-7-10(2)15-16(11)3/h7,12-14H,4-6,8-9H2,1-3H3. The lowest BCUT2D eigenvalue weighted by Crippen LogP contribution is -2.46. The number of aryl methyl sites for hydroxylation is 2. The Morgan fingerprint density at radius 2 is 2.50 bits per heavy atom. The summed E-state index contributed by atoms with van der Waals surface area (Å²) in [5, 5.41) is 7.97. The lowest BCUT2D eigenvalue weighted by Gasteiger charge is -2.30. The van der Waals surface area contributed by atoms with Gasteiger partial charge in [0.25, 0.3) is 0 Å². The van der Waals surface area contributed by atoms with Crippen molar-refractivity contribution in [3.05, 3.63) is 17.5 Å². The van der Waals surface area contributed by atoms with Gasteiger partial charge in [-0.15, -0.1) is 0 Å². The Labute approximate surface area is 113 Å². The van der Waals surface area contributed by atoms with E-state index in [1.807, 2.05) is 30.4 Å². The molecule has 1 saturated heterocycles. The third kappa shape index (κ3) is 3.49. The van der Waals surface area contributed by atoms with Crippen molar-refractivity contribution in [2.45, 2.75) is 32.4 Å². The Bertz CT molecular complexity index is 374. The molecule has 4 nitrogen and oxygen atoms in total. The Morgan fingerprint density at radius 3 is 3.06 bits per heavy atom. The molecule has 1 aliphatic rings. The maximum atomic E-state index is 5.90. The van der Waals surface area contributed by atoms with Crippen molar-refractivity contribution in [2.24, 2.45) is 7.05 Å². The maximum absolute atomic E-state index is 5.90. The normalized spacial score (nSPS) is 22.1. The Kier molecular flexibility index (Phi) is 5.09. The molecule has 0 aliphatic carbocycles. The van der Waals surface area contributed by atoms with Gasteiger partial charge in [0, 0.05) is 36.7 Å². The second-order valence-corrected chi connectivity index (χ2v) is 5.90. The molecule has 2 unspecified atom stereocenters. The van der Waals surface area contributed by atoms with E-state index in [4.69, 9.17) is 4.74 Å². The molecule has 5 heteroatoms. The van der Waals surface area contributed by atoms with E-state index in [1.165, 1.54) is 5.69 Å². The van der Waals surface area contributed by atoms with Gasteiger partial charge in [-0.2, -0.15) is 16.9 Å². The van der Waals surface area contributed by atoms with E-state index >= 15 is 0 Å². The van der Waals surface area contributed by atoms with Crippen LogP contribution in [0.3, 0.4) is 0 Å². The fraction of sp³-hybridized carbons (Fsp3) is 0.769. The molecule has 1 fully saturated rings. The first-order valence-corrected chi connectivity index (χ1v) is 7.78. The van der Waals surface area contributed by atoms with Gasteiger partial charge in [-0.05, 0) is 19.5 Å². The summed E-state index contributed by atoms with van der Waals surface area (Å²) in [5.41, 5.74) is 2.36. The summed E-state index contributed by atoms with van der Waals surface area (Å²) in [6.45, 7) is 6.05. The third-order valence-corrected chi connectivity index (χ3v) is 4.30. The first-order chi connectivity index (χ1) is 8.70. The van der Waals surface area contributed by atoms with Gasteiger partial charge in [-0.25, -0.2) is 0 Å². The van der Waals surface area contributed by atoms with E-state index in [2.05, 4.69) is 23.4 Å². The van der Waals surface area contributed by atoms with Crippen LogP contribution in [-0.4, -0.2) is 46.6 Å². The summed E-state index contributed by atoms with van der Waals surface area (Å²) in [4.78, 5) is 0. The molecule has 0 amide bonds. The summed E-state index contributed by atoms with van der Waals surface area (Å²) < 4.78 is 7.88. The van der Waals surface area contributed by atoms with Crippen LogP contribution in [0.25, 0.3) is 0 Å². The molecule has 1 N–H and O–H groups in total. The van der Waals surface area contributed by atoms with Crippen LogP contribution >= 0.6 is 11.8 Å². The minimum atomic E-state index is 0.318. The first-order valence-electron chi connectivity index (χ1n) is 6.63. The minimum Gasteiger partial charge on any atom is -0.375 e. The number of aromatic nitrogens is 2. The number of ether oxygens (including phenoxy) is 1. The number of thioether (sulfide) groups is 1. The van der Waals surface area contributed by atoms with Crippen LogP contribution in [0, 0.1) is 6.92 Å². The van der Waals surface area contributed by atoms with Gasteiger partial charge >= 0.3 is 0 Å². The van der Waals surface area contributed by atoms with Gasteiger partial charge in [0.1, 0.15) is 0 Å². The Balaban J connectivity index is 2.02. The number of likely N-dealkylation sites (N-methyl/N-ethyl adjacent to an activating group) is 1. The number of nitrogens with one attached hydrogen (secondary N) is 1. The molecule has 0 aromatic carbocycles. The first kappa shape index (κ1) is 13.9. The van der Waals surface area contributed by atoms with Gasteiger partial charge in [0.05, 0.1) is 18.4 Å². The fourth-order valence-corrected chi connectivity index (χ4v) is 3.36. The summed E-state index contributed by atoms with van der Waals surface area (Å²) in [7, 11) is 2.02. The minimum absolute atomic E-state index is 0.318. The summed E-state index contributed by atoms with van der Waals surface area (Å²) in [6.07, 6.45) is 1.30. The highest BCUT2D eigenvalue weighted by molar-refractivity contribution is 7.99. The Hall–Kier alpha value is -0.520. The summed E-state index contributed by atoms with van der Waals surface area (Å²) in [6, 6.07) is 2.55. The smallest absolute Gasteiger partial charge is 0.0822 e. The van der Waals surface area contributed by atoms with Crippen molar-refractivity contribution in [2.75, 3.05) is 24.7 Å². The average Bonchev–Trinajstić information content (AvgIpc) is 2.68. The highest BCUT2D eigenvalue weighted by Gasteiger charge is 2.25. The monoisotopic (exact) mass is 269 g/mol. The quantitative estimate of drug-likeness (QED) is 0.876. The van der Waals surface area contributed by atoms with Crippen molar-refractivity contribution >= 4 is 11.8 Å². The zero-order valence-corrected chi connectivity index (χ0v) is 12.3. The van der Waals surface area contributed by atoms with Crippen molar-refractivity contribution in [3.8, 4) is 0 Å². The molecule has 1 aliphatic heterocycles. The van der Waals surface area contributed by atoms with Crippen molar-refractivity contribution in [3.63, 3.8) is 0 Å². The second-order valence-electron chi connectivity index (χ2n) is 4.75. The van der Waals surface area contributed by atoms with E-state index in [9.17, 15) is 0 Å². The van der Waals surface area contributed by atoms with Crippen LogP contribution in [-0.2, 0) is 18.2 Å². The summed E-state index contributed by atoms with van der Waals surface area (Å²) in [5.74, 6) is 2.22. The van der Waals surface area contributed by atoms with E-state index in [0.717, 1.165) is 36.8 Å². The highest BCUT2D eigenvalue weighted by Crippen LogP contribution is 2.18. The summed E-state index contributed by atoms with van der Waals surface area (Å²) >= 11 is 1.99. The van der Waals surface area contributed by atoms with Gasteiger partial charge in [0.15, 0.2) is 0 Å². The van der Waals surface area contributed by atoms with Crippen LogP contribution in [0.2, 0.25) is 0 Å². The lowest BCUT2D eigenvalue weighted by molar-refractivity contribution is 0.0471. The molecule has 2 heterocycles. The van der Waals surface area contributed by atoms with Crippen LogP contribution in [0.5, 0.6) is 0 Å². The zero-order chi connectivity index (χ0) is 13.0. The predicted octanol–water partition coefficient (Wildman–Crippen LogP) is 1.38. The van der Waals surface area contributed by atoms with Crippen LogP contribution < -0.4 is 5.32 Å². The molecule has 0 radical (unpaired) electrons. The van der Waals surface area contributed by atoms with Gasteiger partial charge in [0.2, 0.25) is 0 Å². The van der Waals surface area contributed by atoms with E-state index in [-0.39, 0.29) is 0 Å². The average molecular weight is 269 g/mol.